The minimum absolute atomic E-state index is 0.274. The summed E-state index contributed by atoms with van der Waals surface area (Å²) in [6.45, 7) is 2.50. The fraction of sp³-hybridized carbons (Fsp3) is 0.100. The Kier molecular flexibility index (Phi) is 8.96. The van der Waals surface area contributed by atoms with Gasteiger partial charge in [-0.25, -0.2) is 14.8 Å². The van der Waals surface area contributed by atoms with Crippen molar-refractivity contribution >= 4 is 11.8 Å². The van der Waals surface area contributed by atoms with Crippen molar-refractivity contribution in [2.75, 3.05) is 11.9 Å². The highest BCUT2D eigenvalue weighted by Gasteiger charge is 2.41. The summed E-state index contributed by atoms with van der Waals surface area (Å²) in [5, 5.41) is 17.8. The molecule has 0 unspecified atom stereocenters. The molecule has 2 aromatic heterocycles. The van der Waals surface area contributed by atoms with Crippen LogP contribution >= 0.6 is 0 Å². The molecule has 0 amide bonds. The summed E-state index contributed by atoms with van der Waals surface area (Å²) in [5.41, 5.74) is 6.35. The van der Waals surface area contributed by atoms with Gasteiger partial charge in [0.15, 0.2) is 5.54 Å². The first kappa shape index (κ1) is 31.1. The molecule has 2 heterocycles. The van der Waals surface area contributed by atoms with E-state index in [1.807, 2.05) is 84.9 Å². The van der Waals surface area contributed by atoms with Crippen molar-refractivity contribution in [2.24, 2.45) is 0 Å². The Balaban J connectivity index is 1.23. The van der Waals surface area contributed by atoms with Crippen LogP contribution in [0.1, 0.15) is 39.5 Å². The van der Waals surface area contributed by atoms with Crippen LogP contribution in [0.4, 0.5) is 5.82 Å². The zero-order valence-corrected chi connectivity index (χ0v) is 26.8. The van der Waals surface area contributed by atoms with Crippen molar-refractivity contribution < 1.29 is 9.53 Å². The van der Waals surface area contributed by atoms with Gasteiger partial charge in [0, 0.05) is 18.3 Å². The van der Waals surface area contributed by atoms with Gasteiger partial charge in [-0.05, 0) is 45.5 Å². The number of tetrazole rings is 1. The number of hydrogen-bond acceptors (Lipinski definition) is 8. The molecular weight excluding hydrogens is 610 g/mol. The van der Waals surface area contributed by atoms with E-state index < -0.39 is 11.5 Å². The largest absolute Gasteiger partial charge is 0.462 e. The number of nitrogens with one attached hydrogen (secondary N) is 1. The number of anilines is 1. The predicted molar refractivity (Wildman–Crippen MR) is 189 cm³/mol. The van der Waals surface area contributed by atoms with Gasteiger partial charge in [-0.1, -0.05) is 140 Å². The van der Waals surface area contributed by atoms with Crippen LogP contribution in [0.25, 0.3) is 22.5 Å². The fourth-order valence-corrected chi connectivity index (χ4v) is 6.10. The maximum absolute atomic E-state index is 12.3. The molecule has 0 atom stereocenters. The van der Waals surface area contributed by atoms with Crippen LogP contribution in [0.3, 0.4) is 0 Å². The molecule has 0 fully saturated rings. The maximum atomic E-state index is 12.3. The molecule has 0 saturated heterocycles. The number of nitrogens with zero attached hydrogens (tertiary/aromatic N) is 6. The van der Waals surface area contributed by atoms with Crippen LogP contribution in [0, 0.1) is 0 Å². The smallest absolute Gasteiger partial charge is 0.343 e. The lowest BCUT2D eigenvalue weighted by molar-refractivity contribution is 0.0526. The molecule has 0 saturated carbocycles. The van der Waals surface area contributed by atoms with Crippen molar-refractivity contribution in [2.45, 2.75) is 19.0 Å². The topological polar surface area (TPSA) is 108 Å². The summed E-state index contributed by atoms with van der Waals surface area (Å²) in [6.07, 6.45) is 2.86. The van der Waals surface area contributed by atoms with E-state index >= 15 is 0 Å². The summed E-state index contributed by atoms with van der Waals surface area (Å²) in [7, 11) is 0. The first-order valence-electron chi connectivity index (χ1n) is 16.0. The molecule has 7 aromatic rings. The monoisotopic (exact) mass is 643 g/mol. The zero-order chi connectivity index (χ0) is 33.5. The maximum Gasteiger partial charge on any atom is 0.343 e. The molecule has 240 valence electrons. The van der Waals surface area contributed by atoms with E-state index in [9.17, 15) is 4.79 Å². The number of carbonyl (C=O) groups is 1. The van der Waals surface area contributed by atoms with E-state index in [1.165, 1.54) is 12.5 Å². The van der Waals surface area contributed by atoms with E-state index in [0.29, 0.717) is 23.8 Å². The van der Waals surface area contributed by atoms with Crippen molar-refractivity contribution in [3.05, 3.63) is 180 Å². The Morgan fingerprint density at radius 1 is 0.735 bits per heavy atom. The fourth-order valence-electron chi connectivity index (χ4n) is 6.10. The van der Waals surface area contributed by atoms with Crippen LogP contribution in [0.5, 0.6) is 0 Å². The van der Waals surface area contributed by atoms with Crippen LogP contribution in [-0.4, -0.2) is 42.8 Å². The van der Waals surface area contributed by atoms with Gasteiger partial charge in [0.2, 0.25) is 5.82 Å². The van der Waals surface area contributed by atoms with Gasteiger partial charge in [-0.3, -0.25) is 0 Å². The third-order valence-corrected chi connectivity index (χ3v) is 8.39. The van der Waals surface area contributed by atoms with Crippen molar-refractivity contribution in [1.29, 1.82) is 0 Å². The molecule has 0 aliphatic heterocycles. The number of aromatic nitrogens is 6. The lowest BCUT2D eigenvalue weighted by Gasteiger charge is -2.34. The minimum atomic E-state index is -0.866. The Bertz CT molecular complexity index is 2060. The van der Waals surface area contributed by atoms with E-state index in [2.05, 4.69) is 75.0 Å². The van der Waals surface area contributed by atoms with Crippen molar-refractivity contribution in [1.82, 2.24) is 30.2 Å². The summed E-state index contributed by atoms with van der Waals surface area (Å²) < 4.78 is 5.15. The lowest BCUT2D eigenvalue weighted by Crippen LogP contribution is -2.39. The number of rotatable bonds is 11. The molecule has 9 nitrogen and oxygen atoms in total. The number of hydrogen-bond donors (Lipinski definition) is 1. The average molecular weight is 644 g/mol. The van der Waals surface area contributed by atoms with Gasteiger partial charge < -0.3 is 10.1 Å². The van der Waals surface area contributed by atoms with Crippen LogP contribution in [0.2, 0.25) is 0 Å². The first-order valence-corrected chi connectivity index (χ1v) is 16.0. The molecule has 7 rings (SSSR count). The van der Waals surface area contributed by atoms with E-state index in [-0.39, 0.29) is 6.61 Å². The molecule has 0 spiro atoms. The van der Waals surface area contributed by atoms with Gasteiger partial charge in [0.1, 0.15) is 17.7 Å². The predicted octanol–water partition coefficient (Wildman–Crippen LogP) is 7.43. The molecular formula is C40H33N7O2. The number of ether oxygens (including phenoxy) is 1. The van der Waals surface area contributed by atoms with Crippen LogP contribution < -0.4 is 5.32 Å². The highest BCUT2D eigenvalue weighted by atomic mass is 16.5. The van der Waals surface area contributed by atoms with Crippen molar-refractivity contribution in [3.63, 3.8) is 0 Å². The Hall–Kier alpha value is -6.48. The summed E-state index contributed by atoms with van der Waals surface area (Å²) in [6, 6.07) is 47.2. The molecule has 0 radical (unpaired) electrons. The van der Waals surface area contributed by atoms with Gasteiger partial charge in [0.05, 0.1) is 6.61 Å². The summed E-state index contributed by atoms with van der Waals surface area (Å²) in [5.74, 6) is 0.482. The molecule has 5 aromatic carbocycles. The summed E-state index contributed by atoms with van der Waals surface area (Å²) >= 11 is 0. The van der Waals surface area contributed by atoms with Gasteiger partial charge >= 0.3 is 5.97 Å². The second-order valence-electron chi connectivity index (χ2n) is 11.3. The second kappa shape index (κ2) is 14.1. The molecule has 0 aliphatic carbocycles. The Morgan fingerprint density at radius 2 is 1.31 bits per heavy atom. The third kappa shape index (κ3) is 6.17. The minimum Gasteiger partial charge on any atom is -0.462 e. The van der Waals surface area contributed by atoms with Crippen molar-refractivity contribution in [3.8, 4) is 22.5 Å². The van der Waals surface area contributed by atoms with Gasteiger partial charge in [-0.2, -0.15) is 0 Å². The van der Waals surface area contributed by atoms with E-state index in [4.69, 9.17) is 15.0 Å². The lowest BCUT2D eigenvalue weighted by atomic mass is 9.77. The van der Waals surface area contributed by atoms with E-state index in [0.717, 1.165) is 38.9 Å². The van der Waals surface area contributed by atoms with Crippen LogP contribution in [-0.2, 0) is 16.8 Å². The molecule has 49 heavy (non-hydrogen) atoms. The second-order valence-corrected chi connectivity index (χ2v) is 11.3. The SMILES string of the molecule is CCOC(=O)c1cncnc1NCc1ccc(-c2ccccc2-c2nnn(C(c3ccccc3)(c3ccccc3)c3ccccc3)n2)cc1. The number of esters is 1. The van der Waals surface area contributed by atoms with E-state index in [1.54, 1.807) is 11.7 Å². The van der Waals surface area contributed by atoms with Crippen LogP contribution in [0.15, 0.2) is 152 Å². The number of carbonyl (C=O) groups excluding carboxylic acids is 1. The molecule has 0 aliphatic rings. The summed E-state index contributed by atoms with van der Waals surface area (Å²) in [4.78, 5) is 22.3. The van der Waals surface area contributed by atoms with Gasteiger partial charge in [-0.15, -0.1) is 15.0 Å². The Morgan fingerprint density at radius 3 is 1.90 bits per heavy atom. The normalized spacial score (nSPS) is 11.2. The third-order valence-electron chi connectivity index (χ3n) is 8.39. The highest BCUT2D eigenvalue weighted by molar-refractivity contribution is 5.94. The number of benzene rings is 5. The average Bonchev–Trinajstić information content (AvgIpc) is 3.66. The molecule has 1 N–H and O–H groups in total. The quantitative estimate of drug-likeness (QED) is 0.115. The Labute approximate surface area is 284 Å². The highest BCUT2D eigenvalue weighted by Crippen LogP contribution is 2.40. The first-order chi connectivity index (χ1) is 24.2. The standard InChI is InChI=1S/C40H33N7O2/c1-2-49-39(48)36-27-41-28-43-37(36)42-26-29-22-24-30(25-23-29)34-20-12-13-21-35(34)38-44-46-47(45-38)40(31-14-6-3-7-15-31,32-16-8-4-9-17-32)33-18-10-5-11-19-33/h3-25,27-28H,2,26H2,1H3,(H,41,42,43). The van der Waals surface area contributed by atoms with Gasteiger partial charge in [0.25, 0.3) is 0 Å². The molecule has 9 heteroatoms. The molecule has 0 bridgehead atoms. The zero-order valence-electron chi connectivity index (χ0n) is 26.8.